The second-order valence-corrected chi connectivity index (χ2v) is 6.13. The van der Waals surface area contributed by atoms with Gasteiger partial charge in [-0.2, -0.15) is 0 Å². The molecule has 0 atom stereocenters. The Labute approximate surface area is 146 Å². The van der Waals surface area contributed by atoms with E-state index in [1.165, 1.54) is 0 Å². The van der Waals surface area contributed by atoms with E-state index in [2.05, 4.69) is 4.90 Å². The Bertz CT molecular complexity index is 761. The molecule has 0 saturated carbocycles. The van der Waals surface area contributed by atoms with Crippen LogP contribution in [-0.4, -0.2) is 28.9 Å². The second-order valence-electron chi connectivity index (χ2n) is 6.13. The van der Waals surface area contributed by atoms with Gasteiger partial charge in [-0.15, -0.1) is 0 Å². The van der Waals surface area contributed by atoms with E-state index in [1.807, 2.05) is 36.4 Å². The van der Waals surface area contributed by atoms with Gasteiger partial charge in [0, 0.05) is 31.8 Å². The SMILES string of the molecule is O=C(CCN1CCc2ccc([N+](=O)[O-])cc2C1)OCc1ccccc1. The minimum Gasteiger partial charge on any atom is -0.461 e. The summed E-state index contributed by atoms with van der Waals surface area (Å²) in [5.41, 5.74) is 3.20. The van der Waals surface area contributed by atoms with Gasteiger partial charge in [0.1, 0.15) is 6.61 Å². The predicted octanol–water partition coefficient (Wildman–Crippen LogP) is 3.09. The zero-order chi connectivity index (χ0) is 17.6. The van der Waals surface area contributed by atoms with Gasteiger partial charge in [-0.25, -0.2) is 0 Å². The summed E-state index contributed by atoms with van der Waals surface area (Å²) in [7, 11) is 0. The van der Waals surface area contributed by atoms with Gasteiger partial charge in [0.2, 0.25) is 0 Å². The van der Waals surface area contributed by atoms with Gasteiger partial charge in [0.05, 0.1) is 11.3 Å². The van der Waals surface area contributed by atoms with Crippen molar-refractivity contribution in [2.75, 3.05) is 13.1 Å². The van der Waals surface area contributed by atoms with Crippen molar-refractivity contribution in [3.05, 3.63) is 75.3 Å². The molecule has 6 heteroatoms. The van der Waals surface area contributed by atoms with Crippen molar-refractivity contribution in [1.82, 2.24) is 4.90 Å². The number of carbonyl (C=O) groups excluding carboxylic acids is 1. The zero-order valence-corrected chi connectivity index (χ0v) is 13.9. The smallest absolute Gasteiger partial charge is 0.307 e. The molecule has 130 valence electrons. The molecule has 25 heavy (non-hydrogen) atoms. The third-order valence-electron chi connectivity index (χ3n) is 4.37. The molecule has 0 N–H and O–H groups in total. The number of benzene rings is 2. The molecule has 0 radical (unpaired) electrons. The van der Waals surface area contributed by atoms with Crippen LogP contribution in [0, 0.1) is 10.1 Å². The van der Waals surface area contributed by atoms with Gasteiger partial charge in [0.25, 0.3) is 5.69 Å². The molecule has 0 aromatic heterocycles. The number of esters is 1. The van der Waals surface area contributed by atoms with Crippen molar-refractivity contribution in [1.29, 1.82) is 0 Å². The molecule has 2 aromatic carbocycles. The predicted molar refractivity (Wildman–Crippen MR) is 92.9 cm³/mol. The first-order valence-corrected chi connectivity index (χ1v) is 8.30. The molecule has 0 saturated heterocycles. The first-order chi connectivity index (χ1) is 12.1. The van der Waals surface area contributed by atoms with Crippen LogP contribution in [0.5, 0.6) is 0 Å². The van der Waals surface area contributed by atoms with Crippen LogP contribution >= 0.6 is 0 Å². The van der Waals surface area contributed by atoms with Gasteiger partial charge in [0.15, 0.2) is 0 Å². The van der Waals surface area contributed by atoms with E-state index in [4.69, 9.17) is 4.74 Å². The van der Waals surface area contributed by atoms with Crippen molar-refractivity contribution in [2.24, 2.45) is 0 Å². The van der Waals surface area contributed by atoms with E-state index >= 15 is 0 Å². The quantitative estimate of drug-likeness (QED) is 0.459. The summed E-state index contributed by atoms with van der Waals surface area (Å²) >= 11 is 0. The molecule has 3 rings (SSSR count). The molecule has 1 aliphatic heterocycles. The van der Waals surface area contributed by atoms with E-state index in [-0.39, 0.29) is 23.2 Å². The molecule has 0 bridgehead atoms. The van der Waals surface area contributed by atoms with E-state index < -0.39 is 0 Å². The number of rotatable bonds is 6. The van der Waals surface area contributed by atoms with Crippen molar-refractivity contribution in [3.63, 3.8) is 0 Å². The number of nitro benzene ring substituents is 1. The van der Waals surface area contributed by atoms with Gasteiger partial charge >= 0.3 is 5.97 Å². The zero-order valence-electron chi connectivity index (χ0n) is 13.9. The van der Waals surface area contributed by atoms with E-state index in [1.54, 1.807) is 12.1 Å². The molecule has 0 aliphatic carbocycles. The number of non-ortho nitro benzene ring substituents is 1. The lowest BCUT2D eigenvalue weighted by atomic mass is 9.99. The number of hydrogen-bond acceptors (Lipinski definition) is 5. The fourth-order valence-electron chi connectivity index (χ4n) is 2.97. The number of ether oxygens (including phenoxy) is 1. The molecular formula is C19H20N2O4. The largest absolute Gasteiger partial charge is 0.461 e. The van der Waals surface area contributed by atoms with Crippen LogP contribution in [0.2, 0.25) is 0 Å². The van der Waals surface area contributed by atoms with Crippen LogP contribution in [0.3, 0.4) is 0 Å². The maximum Gasteiger partial charge on any atom is 0.307 e. The van der Waals surface area contributed by atoms with Gasteiger partial charge in [-0.3, -0.25) is 19.8 Å². The average molecular weight is 340 g/mol. The highest BCUT2D eigenvalue weighted by molar-refractivity contribution is 5.69. The topological polar surface area (TPSA) is 72.7 Å². The summed E-state index contributed by atoms with van der Waals surface area (Å²) in [6, 6.07) is 14.6. The van der Waals surface area contributed by atoms with Gasteiger partial charge in [-0.05, 0) is 23.1 Å². The fraction of sp³-hybridized carbons (Fsp3) is 0.316. The number of hydrogen-bond donors (Lipinski definition) is 0. The molecule has 1 heterocycles. The summed E-state index contributed by atoms with van der Waals surface area (Å²) in [6.45, 7) is 2.35. The Balaban J connectivity index is 1.48. The molecule has 6 nitrogen and oxygen atoms in total. The Morgan fingerprint density at radius 3 is 2.72 bits per heavy atom. The molecule has 0 unspecified atom stereocenters. The van der Waals surface area contributed by atoms with Gasteiger partial charge < -0.3 is 4.74 Å². The Kier molecular flexibility index (Phi) is 5.40. The number of nitro groups is 1. The molecule has 2 aromatic rings. The van der Waals surface area contributed by atoms with Gasteiger partial charge in [-0.1, -0.05) is 36.4 Å². The fourth-order valence-corrected chi connectivity index (χ4v) is 2.97. The lowest BCUT2D eigenvalue weighted by Crippen LogP contribution is -2.32. The standard InChI is InChI=1S/C19H20N2O4/c22-19(25-14-15-4-2-1-3-5-15)9-11-20-10-8-16-6-7-18(21(23)24)12-17(16)13-20/h1-7,12H,8-11,13-14H2. The highest BCUT2D eigenvalue weighted by atomic mass is 16.6. The van der Waals surface area contributed by atoms with Crippen LogP contribution in [-0.2, 0) is 29.1 Å². The monoisotopic (exact) mass is 340 g/mol. The van der Waals surface area contributed by atoms with Crippen LogP contribution in [0.4, 0.5) is 5.69 Å². The summed E-state index contributed by atoms with van der Waals surface area (Å²) < 4.78 is 5.28. The molecule has 0 fully saturated rings. The highest BCUT2D eigenvalue weighted by Gasteiger charge is 2.19. The second kappa shape index (κ2) is 7.90. The van der Waals surface area contributed by atoms with Crippen molar-refractivity contribution >= 4 is 11.7 Å². The average Bonchev–Trinajstić information content (AvgIpc) is 2.64. The lowest BCUT2D eigenvalue weighted by Gasteiger charge is -2.28. The molecule has 1 aliphatic rings. The summed E-state index contributed by atoms with van der Waals surface area (Å²) in [5, 5.41) is 10.9. The third kappa shape index (κ3) is 4.64. The highest BCUT2D eigenvalue weighted by Crippen LogP contribution is 2.23. The van der Waals surface area contributed by atoms with Crippen molar-refractivity contribution in [2.45, 2.75) is 26.0 Å². The van der Waals surface area contributed by atoms with Crippen LogP contribution in [0.25, 0.3) is 0 Å². The maximum absolute atomic E-state index is 11.9. The first kappa shape index (κ1) is 17.1. The first-order valence-electron chi connectivity index (χ1n) is 8.30. The maximum atomic E-state index is 11.9. The van der Waals surface area contributed by atoms with E-state index in [0.29, 0.717) is 19.5 Å². The van der Waals surface area contributed by atoms with Crippen LogP contribution in [0.1, 0.15) is 23.1 Å². The minimum absolute atomic E-state index is 0.114. The number of fused-ring (bicyclic) bond motifs is 1. The normalized spacial score (nSPS) is 13.9. The molecular weight excluding hydrogens is 320 g/mol. The molecule has 0 spiro atoms. The van der Waals surface area contributed by atoms with Crippen LogP contribution in [0.15, 0.2) is 48.5 Å². The van der Waals surface area contributed by atoms with E-state index in [0.717, 1.165) is 29.7 Å². The van der Waals surface area contributed by atoms with Crippen molar-refractivity contribution < 1.29 is 14.5 Å². The Morgan fingerprint density at radius 2 is 1.96 bits per heavy atom. The van der Waals surface area contributed by atoms with Crippen LogP contribution < -0.4 is 0 Å². The lowest BCUT2D eigenvalue weighted by molar-refractivity contribution is -0.385. The number of carbonyl (C=O) groups is 1. The Hall–Kier alpha value is -2.73. The van der Waals surface area contributed by atoms with Crippen molar-refractivity contribution in [3.8, 4) is 0 Å². The number of nitrogens with zero attached hydrogens (tertiary/aromatic N) is 2. The summed E-state index contributed by atoms with van der Waals surface area (Å²) in [4.78, 5) is 24.6. The molecule has 0 amide bonds. The summed E-state index contributed by atoms with van der Waals surface area (Å²) in [5.74, 6) is -0.228. The minimum atomic E-state index is -0.375. The summed E-state index contributed by atoms with van der Waals surface area (Å²) in [6.07, 6.45) is 1.16. The third-order valence-corrected chi connectivity index (χ3v) is 4.37. The van der Waals surface area contributed by atoms with E-state index in [9.17, 15) is 14.9 Å². The Morgan fingerprint density at radius 1 is 1.16 bits per heavy atom.